The molecular weight excluding hydrogens is 396 g/mol. The molecule has 0 aliphatic heterocycles. The number of ether oxygens (including phenoxy) is 1. The minimum absolute atomic E-state index is 0.0412. The van der Waals surface area contributed by atoms with Gasteiger partial charge in [-0.05, 0) is 36.6 Å². The highest BCUT2D eigenvalue weighted by molar-refractivity contribution is 6.32. The number of hydrogen-bond acceptors (Lipinski definition) is 8. The summed E-state index contributed by atoms with van der Waals surface area (Å²) in [6.45, 7) is 2.73. The Kier molecular flexibility index (Phi) is 6.56. The average Bonchev–Trinajstić information content (AvgIpc) is 3.12. The molecule has 1 aromatic carbocycles. The van der Waals surface area contributed by atoms with Gasteiger partial charge in [0.2, 0.25) is 5.95 Å². The van der Waals surface area contributed by atoms with Crippen molar-refractivity contribution in [3.63, 3.8) is 0 Å². The molecule has 0 spiro atoms. The van der Waals surface area contributed by atoms with E-state index in [0.717, 1.165) is 12.8 Å². The first-order valence-electron chi connectivity index (χ1n) is 9.26. The number of benzene rings is 1. The number of carbonyl (C=O) groups excluding carboxylic acids is 1. The summed E-state index contributed by atoms with van der Waals surface area (Å²) in [5.41, 5.74) is 7.24. The highest BCUT2D eigenvalue weighted by atomic mass is 35.5. The van der Waals surface area contributed by atoms with Gasteiger partial charge in [0, 0.05) is 18.5 Å². The Bertz CT molecular complexity index is 1020. The summed E-state index contributed by atoms with van der Waals surface area (Å²) in [4.78, 5) is 20.1. The summed E-state index contributed by atoms with van der Waals surface area (Å²) in [6, 6.07) is 6.76. The molecule has 9 heteroatoms. The topological polar surface area (TPSA) is 124 Å². The lowest BCUT2D eigenvalue weighted by Gasteiger charge is -2.14. The monoisotopic (exact) mass is 418 g/mol. The zero-order valence-corrected chi connectivity index (χ0v) is 17.0. The van der Waals surface area contributed by atoms with Crippen molar-refractivity contribution in [1.82, 2.24) is 9.97 Å². The maximum absolute atomic E-state index is 11.8. The zero-order valence-electron chi connectivity index (χ0n) is 16.2. The number of aliphatic hydroxyl groups is 1. The van der Waals surface area contributed by atoms with Gasteiger partial charge in [-0.1, -0.05) is 24.9 Å². The molecule has 0 aliphatic rings. The number of halogens is 1. The molecule has 1 atom stereocenters. The van der Waals surface area contributed by atoms with Crippen LogP contribution in [0.5, 0.6) is 0 Å². The van der Waals surface area contributed by atoms with Crippen LogP contribution in [0.15, 0.2) is 28.7 Å². The van der Waals surface area contributed by atoms with Gasteiger partial charge in [-0.15, -0.1) is 0 Å². The second-order valence-electron chi connectivity index (χ2n) is 6.62. The number of fused-ring (bicyclic) bond motifs is 1. The number of nitrogens with zero attached hydrogens (tertiary/aromatic N) is 2. The fraction of sp³-hybridized carbons (Fsp3) is 0.350. The maximum Gasteiger partial charge on any atom is 0.337 e. The molecule has 0 aliphatic carbocycles. The molecule has 8 nitrogen and oxygen atoms in total. The average molecular weight is 419 g/mol. The van der Waals surface area contributed by atoms with Crippen LogP contribution in [-0.2, 0) is 4.74 Å². The Balaban J connectivity index is 1.95. The van der Waals surface area contributed by atoms with E-state index in [1.54, 1.807) is 24.3 Å². The molecule has 1 unspecified atom stereocenters. The molecule has 3 aromatic rings. The van der Waals surface area contributed by atoms with Crippen molar-refractivity contribution in [1.29, 1.82) is 0 Å². The van der Waals surface area contributed by atoms with Gasteiger partial charge in [0.1, 0.15) is 22.3 Å². The number of carbonyl (C=O) groups is 1. The van der Waals surface area contributed by atoms with Gasteiger partial charge < -0.3 is 25.3 Å². The third-order valence-corrected chi connectivity index (χ3v) is 5.02. The normalized spacial score (nSPS) is 12.1. The van der Waals surface area contributed by atoms with Gasteiger partial charge >= 0.3 is 5.97 Å². The summed E-state index contributed by atoms with van der Waals surface area (Å²) in [5, 5.41) is 13.4. The highest BCUT2D eigenvalue weighted by Gasteiger charge is 2.19. The molecule has 4 N–H and O–H groups in total. The number of furan rings is 1. The first-order valence-corrected chi connectivity index (χ1v) is 9.64. The van der Waals surface area contributed by atoms with E-state index in [2.05, 4.69) is 15.3 Å². The van der Waals surface area contributed by atoms with E-state index in [-0.39, 0.29) is 23.6 Å². The largest absolute Gasteiger partial charge is 0.465 e. The summed E-state index contributed by atoms with van der Waals surface area (Å²) in [7, 11) is 1.33. The first kappa shape index (κ1) is 20.9. The van der Waals surface area contributed by atoms with Gasteiger partial charge in [0.15, 0.2) is 0 Å². The van der Waals surface area contributed by atoms with Gasteiger partial charge in [0.25, 0.3) is 0 Å². The van der Waals surface area contributed by atoms with Crippen LogP contribution in [0.2, 0.25) is 5.15 Å². The van der Waals surface area contributed by atoms with Crippen LogP contribution in [0.1, 0.15) is 30.1 Å². The first-order chi connectivity index (χ1) is 14.0. The number of rotatable bonds is 8. The van der Waals surface area contributed by atoms with Crippen molar-refractivity contribution in [3.8, 4) is 11.3 Å². The molecule has 0 fully saturated rings. The summed E-state index contributed by atoms with van der Waals surface area (Å²) < 4.78 is 10.7. The maximum atomic E-state index is 11.8. The van der Waals surface area contributed by atoms with E-state index < -0.39 is 5.97 Å². The molecule has 0 bridgehead atoms. The van der Waals surface area contributed by atoms with Crippen molar-refractivity contribution in [2.24, 2.45) is 5.92 Å². The number of nitrogens with two attached hydrogens (primary N) is 1. The van der Waals surface area contributed by atoms with Crippen LogP contribution >= 0.6 is 11.6 Å². The SMILES string of the molecule is CCC(CO)CCNc1nc(N)nc(Cl)c1-c1cc2cc(C(=O)OC)ccc2o1. The van der Waals surface area contributed by atoms with Crippen molar-refractivity contribution in [2.45, 2.75) is 19.8 Å². The zero-order chi connectivity index (χ0) is 21.0. The summed E-state index contributed by atoms with van der Waals surface area (Å²) in [5.74, 6) is 0.703. The van der Waals surface area contributed by atoms with Crippen LogP contribution < -0.4 is 11.1 Å². The number of nitrogens with one attached hydrogen (secondary N) is 1. The molecule has 0 radical (unpaired) electrons. The fourth-order valence-corrected chi connectivity index (χ4v) is 3.30. The van der Waals surface area contributed by atoms with Crippen LogP contribution in [0.4, 0.5) is 11.8 Å². The highest BCUT2D eigenvalue weighted by Crippen LogP contribution is 2.37. The van der Waals surface area contributed by atoms with E-state index >= 15 is 0 Å². The predicted octanol–water partition coefficient (Wildman–Crippen LogP) is 3.73. The third kappa shape index (κ3) is 4.60. The van der Waals surface area contributed by atoms with Crippen molar-refractivity contribution in [2.75, 3.05) is 31.3 Å². The number of aliphatic hydroxyl groups excluding tert-OH is 1. The number of esters is 1. The van der Waals surface area contributed by atoms with Gasteiger partial charge in [-0.3, -0.25) is 0 Å². The molecule has 0 saturated carbocycles. The van der Waals surface area contributed by atoms with E-state index in [9.17, 15) is 9.90 Å². The molecule has 154 valence electrons. The molecule has 0 saturated heterocycles. The summed E-state index contributed by atoms with van der Waals surface area (Å²) in [6.07, 6.45) is 1.64. The summed E-state index contributed by atoms with van der Waals surface area (Å²) >= 11 is 6.35. The number of anilines is 2. The van der Waals surface area contributed by atoms with E-state index in [1.807, 2.05) is 6.92 Å². The standard InChI is InChI=1S/C20H23ClN4O4/c1-3-11(10-26)6-7-23-18-16(17(21)24-20(22)25-18)15-9-13-8-12(19(27)28-2)4-5-14(13)29-15/h4-5,8-9,11,26H,3,6-7,10H2,1-2H3,(H3,22,23,24,25). The second kappa shape index (κ2) is 9.11. The lowest BCUT2D eigenvalue weighted by atomic mass is 10.0. The van der Waals surface area contributed by atoms with Crippen LogP contribution in [0.3, 0.4) is 0 Å². The van der Waals surface area contributed by atoms with Crippen LogP contribution in [-0.4, -0.2) is 41.3 Å². The molecule has 29 heavy (non-hydrogen) atoms. The van der Waals surface area contributed by atoms with Gasteiger partial charge in [0.05, 0.1) is 18.2 Å². The van der Waals surface area contributed by atoms with Gasteiger partial charge in [-0.2, -0.15) is 4.98 Å². The van der Waals surface area contributed by atoms with E-state index in [0.29, 0.717) is 40.2 Å². The van der Waals surface area contributed by atoms with Crippen molar-refractivity contribution >= 4 is 40.3 Å². The van der Waals surface area contributed by atoms with Crippen LogP contribution in [0, 0.1) is 5.92 Å². The fourth-order valence-electron chi connectivity index (χ4n) is 3.03. The number of aromatic nitrogens is 2. The lowest BCUT2D eigenvalue weighted by molar-refractivity contribution is 0.0601. The quantitative estimate of drug-likeness (QED) is 0.373. The molecule has 0 amide bonds. The Morgan fingerprint density at radius 2 is 2.17 bits per heavy atom. The molecule has 2 heterocycles. The lowest BCUT2D eigenvalue weighted by Crippen LogP contribution is -2.13. The minimum Gasteiger partial charge on any atom is -0.465 e. The van der Waals surface area contributed by atoms with E-state index in [1.165, 1.54) is 7.11 Å². The Labute approximate surface area is 173 Å². The number of methoxy groups -OCH3 is 1. The Hall–Kier alpha value is -2.84. The van der Waals surface area contributed by atoms with Crippen molar-refractivity contribution < 1.29 is 19.1 Å². The molecular formula is C20H23ClN4O4. The Morgan fingerprint density at radius 3 is 2.86 bits per heavy atom. The molecule has 3 rings (SSSR count). The minimum atomic E-state index is -0.430. The van der Waals surface area contributed by atoms with E-state index in [4.69, 9.17) is 26.5 Å². The van der Waals surface area contributed by atoms with Crippen molar-refractivity contribution in [3.05, 3.63) is 35.0 Å². The van der Waals surface area contributed by atoms with Crippen LogP contribution in [0.25, 0.3) is 22.3 Å². The molecule has 2 aromatic heterocycles. The Morgan fingerprint density at radius 1 is 1.38 bits per heavy atom. The smallest absolute Gasteiger partial charge is 0.337 e. The second-order valence-corrected chi connectivity index (χ2v) is 6.98. The van der Waals surface area contributed by atoms with Gasteiger partial charge in [-0.25, -0.2) is 9.78 Å². The third-order valence-electron chi connectivity index (χ3n) is 4.75. The predicted molar refractivity (Wildman–Crippen MR) is 112 cm³/mol. The number of nitrogen functional groups attached to an aromatic ring is 1. The number of hydrogen-bond donors (Lipinski definition) is 3.